The van der Waals surface area contributed by atoms with Gasteiger partial charge >= 0.3 is 5.97 Å². The van der Waals surface area contributed by atoms with Gasteiger partial charge in [0.05, 0.1) is 13.7 Å². The molecule has 0 radical (unpaired) electrons. The number of esters is 1. The lowest BCUT2D eigenvalue weighted by Crippen LogP contribution is -2.17. The van der Waals surface area contributed by atoms with Crippen molar-refractivity contribution in [1.82, 2.24) is 9.78 Å². The lowest BCUT2D eigenvalue weighted by Gasteiger charge is -2.10. The first kappa shape index (κ1) is 18.7. The second-order valence-corrected chi connectivity index (χ2v) is 7.54. The van der Waals surface area contributed by atoms with Crippen LogP contribution in [0.5, 0.6) is 0 Å². The van der Waals surface area contributed by atoms with Crippen LogP contribution >= 0.6 is 0 Å². The molecule has 0 saturated carbocycles. The van der Waals surface area contributed by atoms with Crippen LogP contribution in [0.25, 0.3) is 0 Å². The Labute approximate surface area is 156 Å². The van der Waals surface area contributed by atoms with E-state index in [9.17, 15) is 13.2 Å². The highest BCUT2D eigenvalue weighted by Gasteiger charge is 2.31. The largest absolute Gasteiger partial charge is 0.465 e. The molecular weight excluding hydrogens is 370 g/mol. The molecule has 9 heteroatoms. The van der Waals surface area contributed by atoms with Crippen LogP contribution in [0.1, 0.15) is 27.4 Å². The third kappa shape index (κ3) is 3.87. The molecule has 1 aromatic carbocycles. The first-order chi connectivity index (χ1) is 12.8. The Morgan fingerprint density at radius 2 is 1.93 bits per heavy atom. The zero-order valence-electron chi connectivity index (χ0n) is 15.1. The second-order valence-electron chi connectivity index (χ2n) is 5.92. The highest BCUT2D eigenvalue weighted by Crippen LogP contribution is 2.29. The van der Waals surface area contributed by atoms with Crippen molar-refractivity contribution in [1.29, 1.82) is 0 Å². The molecule has 27 heavy (non-hydrogen) atoms. The summed E-state index contributed by atoms with van der Waals surface area (Å²) in [5, 5.41) is 4.13. The lowest BCUT2D eigenvalue weighted by molar-refractivity contribution is 0.0595. The van der Waals surface area contributed by atoms with Gasteiger partial charge in [-0.25, -0.2) is 13.2 Å². The summed E-state index contributed by atoms with van der Waals surface area (Å²) in [6, 6.07) is 8.73. The topological polar surface area (TPSA) is 103 Å². The van der Waals surface area contributed by atoms with Crippen LogP contribution in [0.3, 0.4) is 0 Å². The predicted molar refractivity (Wildman–Crippen MR) is 98.1 cm³/mol. The summed E-state index contributed by atoms with van der Waals surface area (Å²) in [4.78, 5) is 11.8. The molecule has 0 aliphatic carbocycles. The van der Waals surface area contributed by atoms with E-state index in [1.807, 2.05) is 12.3 Å². The average Bonchev–Trinajstić information content (AvgIpc) is 3.23. The molecule has 0 spiro atoms. The molecule has 0 aliphatic rings. The van der Waals surface area contributed by atoms with Crippen LogP contribution in [0.15, 0.2) is 52.0 Å². The van der Waals surface area contributed by atoms with Crippen molar-refractivity contribution >= 4 is 21.7 Å². The van der Waals surface area contributed by atoms with Crippen molar-refractivity contribution in [2.75, 3.05) is 11.8 Å². The molecule has 2 heterocycles. The van der Waals surface area contributed by atoms with Crippen LogP contribution in [0, 0.1) is 13.8 Å². The van der Waals surface area contributed by atoms with Gasteiger partial charge in [0, 0.05) is 18.1 Å². The number of anilines is 1. The number of aryl methyl sites for hydroxylation is 2. The molecule has 0 saturated heterocycles. The number of nitrogens with one attached hydrogen (secondary N) is 1. The van der Waals surface area contributed by atoms with E-state index in [2.05, 4.69) is 14.6 Å². The Morgan fingerprint density at radius 3 is 2.52 bits per heavy atom. The number of hydrogen-bond acceptors (Lipinski definition) is 6. The molecule has 0 amide bonds. The molecule has 0 bridgehead atoms. The van der Waals surface area contributed by atoms with Gasteiger partial charge in [0.2, 0.25) is 0 Å². The molecule has 0 aliphatic heterocycles. The van der Waals surface area contributed by atoms with Crippen LogP contribution in [-0.4, -0.2) is 31.3 Å². The van der Waals surface area contributed by atoms with E-state index in [4.69, 9.17) is 4.42 Å². The molecule has 0 fully saturated rings. The van der Waals surface area contributed by atoms with E-state index in [1.54, 1.807) is 35.1 Å². The number of carbonyl (C=O) groups excluding carboxylic acids is 1. The highest BCUT2D eigenvalue weighted by atomic mass is 32.2. The summed E-state index contributed by atoms with van der Waals surface area (Å²) in [6.45, 7) is 3.58. The van der Waals surface area contributed by atoms with Gasteiger partial charge < -0.3 is 9.15 Å². The van der Waals surface area contributed by atoms with Crippen LogP contribution in [0.2, 0.25) is 0 Å². The van der Waals surface area contributed by atoms with E-state index in [-0.39, 0.29) is 22.0 Å². The number of ether oxygens (including phenoxy) is 1. The molecule has 0 unspecified atom stereocenters. The van der Waals surface area contributed by atoms with E-state index in [1.165, 1.54) is 21.0 Å². The molecule has 3 rings (SSSR count). The first-order valence-corrected chi connectivity index (χ1v) is 9.57. The molecule has 142 valence electrons. The smallest absolute Gasteiger partial charge is 0.342 e. The van der Waals surface area contributed by atoms with Gasteiger partial charge in [-0.2, -0.15) is 5.10 Å². The number of hydrogen-bond donors (Lipinski definition) is 1. The van der Waals surface area contributed by atoms with Crippen molar-refractivity contribution in [2.45, 2.75) is 25.3 Å². The first-order valence-electron chi connectivity index (χ1n) is 8.09. The Bertz CT molecular complexity index is 1050. The maximum atomic E-state index is 12.8. The normalized spacial score (nSPS) is 11.4. The van der Waals surface area contributed by atoms with Gasteiger partial charge in [0.15, 0.2) is 0 Å². The summed E-state index contributed by atoms with van der Waals surface area (Å²) >= 11 is 0. The van der Waals surface area contributed by atoms with Gasteiger partial charge in [0.25, 0.3) is 10.0 Å². The zero-order valence-corrected chi connectivity index (χ0v) is 15.9. The third-order valence-electron chi connectivity index (χ3n) is 3.97. The van der Waals surface area contributed by atoms with Crippen molar-refractivity contribution in [3.63, 3.8) is 0 Å². The number of carbonyl (C=O) groups is 1. The fraction of sp³-hybridized carbons (Fsp3) is 0.222. The van der Waals surface area contributed by atoms with Crippen molar-refractivity contribution < 1.29 is 22.4 Å². The van der Waals surface area contributed by atoms with Gasteiger partial charge in [-0.15, -0.1) is 0 Å². The van der Waals surface area contributed by atoms with Gasteiger partial charge in [-0.1, -0.05) is 12.1 Å². The van der Waals surface area contributed by atoms with Gasteiger partial charge in [0.1, 0.15) is 22.0 Å². The molecule has 8 nitrogen and oxygen atoms in total. The van der Waals surface area contributed by atoms with Crippen LogP contribution in [-0.2, 0) is 21.3 Å². The average molecular weight is 389 g/mol. The van der Waals surface area contributed by atoms with Crippen LogP contribution in [0.4, 0.5) is 5.69 Å². The van der Waals surface area contributed by atoms with Crippen molar-refractivity contribution in [3.05, 3.63) is 65.4 Å². The number of rotatable bonds is 6. The fourth-order valence-electron chi connectivity index (χ4n) is 2.79. The molecule has 3 aromatic rings. The second kappa shape index (κ2) is 7.28. The maximum Gasteiger partial charge on any atom is 0.342 e. The van der Waals surface area contributed by atoms with Crippen molar-refractivity contribution in [3.8, 4) is 0 Å². The summed E-state index contributed by atoms with van der Waals surface area (Å²) in [5.41, 5.74) is 1.23. The number of sulfonamides is 1. The Kier molecular flexibility index (Phi) is 5.04. The Morgan fingerprint density at radius 1 is 1.22 bits per heavy atom. The van der Waals surface area contributed by atoms with E-state index < -0.39 is 16.0 Å². The fourth-order valence-corrected chi connectivity index (χ4v) is 4.25. The van der Waals surface area contributed by atoms with Crippen molar-refractivity contribution in [2.24, 2.45) is 0 Å². The Hall–Kier alpha value is -3.07. The highest BCUT2D eigenvalue weighted by molar-refractivity contribution is 7.92. The van der Waals surface area contributed by atoms with E-state index in [0.29, 0.717) is 12.2 Å². The summed E-state index contributed by atoms with van der Waals surface area (Å²) in [6.07, 6.45) is 3.53. The zero-order chi connectivity index (χ0) is 19.6. The maximum absolute atomic E-state index is 12.8. The Balaban J connectivity index is 1.86. The minimum atomic E-state index is -4.03. The summed E-state index contributed by atoms with van der Waals surface area (Å²) < 4.78 is 39.9. The van der Waals surface area contributed by atoms with Crippen LogP contribution < -0.4 is 4.72 Å². The number of benzene rings is 1. The number of nitrogens with zero attached hydrogens (tertiary/aromatic N) is 2. The van der Waals surface area contributed by atoms with E-state index in [0.717, 1.165) is 5.56 Å². The molecule has 2 aromatic heterocycles. The van der Waals surface area contributed by atoms with E-state index >= 15 is 0 Å². The van der Waals surface area contributed by atoms with Gasteiger partial charge in [-0.05, 0) is 37.6 Å². The summed E-state index contributed by atoms with van der Waals surface area (Å²) in [5.74, 6) is -0.454. The SMILES string of the molecule is COC(=O)c1c(C)oc(C)c1S(=O)(=O)Nc1ccc(Cn2cccn2)cc1. The number of furan rings is 1. The standard InChI is InChI=1S/C18H19N3O5S/c1-12-16(18(22)25-3)17(13(2)26-12)27(23,24)20-15-7-5-14(6-8-15)11-21-10-4-9-19-21/h4-10,20H,11H2,1-3H3. The number of aromatic nitrogens is 2. The summed E-state index contributed by atoms with van der Waals surface area (Å²) in [7, 11) is -2.85. The molecule has 0 atom stereocenters. The van der Waals surface area contributed by atoms with Gasteiger partial charge in [-0.3, -0.25) is 9.40 Å². The minimum absolute atomic E-state index is 0.0993. The quantitative estimate of drug-likeness (QED) is 0.650. The molecular formula is C18H19N3O5S. The predicted octanol–water partition coefficient (Wildman–Crippen LogP) is 2.73. The lowest BCUT2D eigenvalue weighted by atomic mass is 10.2. The number of methoxy groups -OCH3 is 1. The minimum Gasteiger partial charge on any atom is -0.465 e. The monoisotopic (exact) mass is 389 g/mol. The molecule has 1 N–H and O–H groups in total. The third-order valence-corrected chi connectivity index (χ3v) is 5.51.